The Morgan fingerprint density at radius 2 is 2.11 bits per heavy atom. The molecule has 0 fully saturated rings. The van der Waals surface area contributed by atoms with Crippen LogP contribution < -0.4 is 5.32 Å². The number of nitrogens with zero attached hydrogens (tertiary/aromatic N) is 1. The first-order chi connectivity index (χ1) is 8.93. The van der Waals surface area contributed by atoms with Gasteiger partial charge in [0.15, 0.2) is 0 Å². The fourth-order valence-electron chi connectivity index (χ4n) is 1.56. The number of hydrogen-bond acceptors (Lipinski definition) is 2. The Morgan fingerprint density at radius 1 is 1.42 bits per heavy atom. The van der Waals surface area contributed by atoms with Crippen molar-refractivity contribution in [3.05, 3.63) is 28.2 Å². The Kier molecular flexibility index (Phi) is 5.82. The molecule has 0 saturated heterocycles. The van der Waals surface area contributed by atoms with E-state index in [0.717, 1.165) is 10.0 Å². The smallest absolute Gasteiger partial charge is 0.321 e. The van der Waals surface area contributed by atoms with Gasteiger partial charge in [-0.3, -0.25) is 4.79 Å². The molecule has 19 heavy (non-hydrogen) atoms. The molecule has 1 rings (SSSR count). The second kappa shape index (κ2) is 7.13. The van der Waals surface area contributed by atoms with E-state index in [9.17, 15) is 9.59 Å². The van der Waals surface area contributed by atoms with Gasteiger partial charge in [0.2, 0.25) is 0 Å². The average Bonchev–Trinajstić information content (AvgIpc) is 2.34. The quantitative estimate of drug-likeness (QED) is 0.872. The third-order valence-corrected chi connectivity index (χ3v) is 3.32. The van der Waals surface area contributed by atoms with Crippen molar-refractivity contribution in [2.24, 2.45) is 0 Å². The molecular weight excluding hydrogens is 312 g/mol. The van der Waals surface area contributed by atoms with Crippen LogP contribution in [0.3, 0.4) is 0 Å². The van der Waals surface area contributed by atoms with Gasteiger partial charge >= 0.3 is 12.0 Å². The molecule has 0 aliphatic carbocycles. The number of anilines is 1. The lowest BCUT2D eigenvalue weighted by Crippen LogP contribution is -2.36. The molecule has 6 heteroatoms. The van der Waals surface area contributed by atoms with E-state index in [2.05, 4.69) is 21.2 Å². The molecule has 0 radical (unpaired) electrons. The van der Waals surface area contributed by atoms with Gasteiger partial charge in [0.05, 0.1) is 12.1 Å². The molecule has 0 atom stereocenters. The predicted octanol–water partition coefficient (Wildman–Crippen LogP) is 3.09. The number of aryl methyl sites for hydroxylation is 1. The zero-order chi connectivity index (χ0) is 14.4. The van der Waals surface area contributed by atoms with Gasteiger partial charge in [0.1, 0.15) is 0 Å². The highest BCUT2D eigenvalue weighted by molar-refractivity contribution is 9.10. The van der Waals surface area contributed by atoms with E-state index in [4.69, 9.17) is 5.11 Å². The van der Waals surface area contributed by atoms with E-state index in [1.165, 1.54) is 4.90 Å². The van der Waals surface area contributed by atoms with Gasteiger partial charge in [-0.2, -0.15) is 0 Å². The zero-order valence-electron chi connectivity index (χ0n) is 10.9. The van der Waals surface area contributed by atoms with Gasteiger partial charge in [0, 0.05) is 17.6 Å². The first kappa shape index (κ1) is 15.5. The fourth-order valence-corrected chi connectivity index (χ4v) is 1.91. The number of urea groups is 1. The number of aliphatic carboxylic acids is 1. The van der Waals surface area contributed by atoms with Crippen molar-refractivity contribution < 1.29 is 14.7 Å². The maximum absolute atomic E-state index is 12.0. The summed E-state index contributed by atoms with van der Waals surface area (Å²) >= 11 is 3.36. The summed E-state index contributed by atoms with van der Waals surface area (Å²) in [6, 6.07) is 5.35. The van der Waals surface area contributed by atoms with E-state index < -0.39 is 5.97 Å². The topological polar surface area (TPSA) is 69.6 Å². The molecule has 0 heterocycles. The lowest BCUT2D eigenvalue weighted by Gasteiger charge is -2.21. The minimum Gasteiger partial charge on any atom is -0.481 e. The van der Waals surface area contributed by atoms with Crippen molar-refractivity contribution >= 4 is 33.6 Å². The maximum Gasteiger partial charge on any atom is 0.321 e. The zero-order valence-corrected chi connectivity index (χ0v) is 12.5. The molecule has 0 bridgehead atoms. The monoisotopic (exact) mass is 328 g/mol. The number of hydrogen-bond donors (Lipinski definition) is 2. The molecule has 0 unspecified atom stereocenters. The summed E-state index contributed by atoms with van der Waals surface area (Å²) in [5.74, 6) is -0.914. The predicted molar refractivity (Wildman–Crippen MR) is 77.4 cm³/mol. The largest absolute Gasteiger partial charge is 0.481 e. The van der Waals surface area contributed by atoms with Gasteiger partial charge < -0.3 is 15.3 Å². The molecule has 0 aliphatic rings. The lowest BCUT2D eigenvalue weighted by atomic mass is 10.2. The number of benzene rings is 1. The molecule has 0 aromatic heterocycles. The molecular formula is C13H17BrN2O3. The Hall–Kier alpha value is -1.56. The van der Waals surface area contributed by atoms with Crippen LogP contribution in [0.2, 0.25) is 0 Å². The number of rotatable bonds is 5. The Morgan fingerprint density at radius 3 is 2.68 bits per heavy atom. The molecule has 1 aromatic rings. The summed E-state index contributed by atoms with van der Waals surface area (Å²) in [7, 11) is 0. The second-order valence-electron chi connectivity index (χ2n) is 4.14. The molecule has 2 amide bonds. The Bertz CT molecular complexity index is 477. The van der Waals surface area contributed by atoms with Crippen LogP contribution in [-0.4, -0.2) is 35.1 Å². The fraction of sp³-hybridized carbons (Fsp3) is 0.385. The van der Waals surface area contributed by atoms with Crippen LogP contribution in [0.15, 0.2) is 22.7 Å². The molecule has 2 N–H and O–H groups in total. The van der Waals surface area contributed by atoms with Crippen molar-refractivity contribution in [3.63, 3.8) is 0 Å². The minimum atomic E-state index is -0.914. The van der Waals surface area contributed by atoms with Gasteiger partial charge in [-0.25, -0.2) is 4.79 Å². The number of carboxylic acids is 1. The van der Waals surface area contributed by atoms with E-state index in [1.807, 2.05) is 32.0 Å². The molecule has 0 aliphatic heterocycles. The van der Waals surface area contributed by atoms with Gasteiger partial charge in [0.25, 0.3) is 0 Å². The summed E-state index contributed by atoms with van der Waals surface area (Å²) < 4.78 is 0.792. The van der Waals surface area contributed by atoms with E-state index in [-0.39, 0.29) is 19.0 Å². The number of carbonyl (C=O) groups is 2. The van der Waals surface area contributed by atoms with Crippen LogP contribution in [0, 0.1) is 6.92 Å². The highest BCUT2D eigenvalue weighted by atomic mass is 79.9. The number of carboxylic acid groups (broad SMARTS) is 1. The van der Waals surface area contributed by atoms with Crippen LogP contribution in [0.5, 0.6) is 0 Å². The summed E-state index contributed by atoms with van der Waals surface area (Å²) in [6.45, 7) is 4.40. The molecule has 0 spiro atoms. The van der Waals surface area contributed by atoms with Gasteiger partial charge in [-0.15, -0.1) is 0 Å². The van der Waals surface area contributed by atoms with Gasteiger partial charge in [-0.05, 0) is 47.5 Å². The Labute approximate surface area is 120 Å². The summed E-state index contributed by atoms with van der Waals surface area (Å²) in [5, 5.41) is 11.4. The number of halogens is 1. The first-order valence-electron chi connectivity index (χ1n) is 5.98. The maximum atomic E-state index is 12.0. The van der Waals surface area contributed by atoms with Crippen LogP contribution in [0.1, 0.15) is 18.9 Å². The molecule has 1 aromatic carbocycles. The highest BCUT2D eigenvalue weighted by Gasteiger charge is 2.14. The van der Waals surface area contributed by atoms with Crippen molar-refractivity contribution in [1.82, 2.24) is 4.90 Å². The van der Waals surface area contributed by atoms with Crippen molar-refractivity contribution in [3.8, 4) is 0 Å². The SMILES string of the molecule is CCN(CCC(=O)O)C(=O)Nc1cc(C)ccc1Br. The van der Waals surface area contributed by atoms with Crippen LogP contribution in [0.25, 0.3) is 0 Å². The number of nitrogens with one attached hydrogen (secondary N) is 1. The van der Waals surface area contributed by atoms with E-state index in [0.29, 0.717) is 12.2 Å². The number of carbonyl (C=O) groups excluding carboxylic acids is 1. The molecule has 5 nitrogen and oxygen atoms in total. The Balaban J connectivity index is 2.71. The van der Waals surface area contributed by atoms with Gasteiger partial charge in [-0.1, -0.05) is 6.07 Å². The van der Waals surface area contributed by atoms with Crippen LogP contribution >= 0.6 is 15.9 Å². The van der Waals surface area contributed by atoms with Crippen LogP contribution in [0.4, 0.5) is 10.5 Å². The minimum absolute atomic E-state index is 0.0593. The summed E-state index contributed by atoms with van der Waals surface area (Å²) in [4.78, 5) is 24.0. The normalized spacial score (nSPS) is 10.1. The summed E-state index contributed by atoms with van der Waals surface area (Å²) in [6.07, 6.45) is -0.0593. The van der Waals surface area contributed by atoms with Crippen LogP contribution in [-0.2, 0) is 4.79 Å². The standard InChI is InChI=1S/C13H17BrN2O3/c1-3-16(7-6-12(17)18)13(19)15-11-8-9(2)4-5-10(11)14/h4-5,8H,3,6-7H2,1-2H3,(H,15,19)(H,17,18). The molecule has 104 valence electrons. The van der Waals surface area contributed by atoms with E-state index >= 15 is 0 Å². The molecule has 0 saturated carbocycles. The van der Waals surface area contributed by atoms with Crippen molar-refractivity contribution in [2.45, 2.75) is 20.3 Å². The number of amides is 2. The first-order valence-corrected chi connectivity index (χ1v) is 6.77. The lowest BCUT2D eigenvalue weighted by molar-refractivity contribution is -0.137. The second-order valence-corrected chi connectivity index (χ2v) is 4.99. The third kappa shape index (κ3) is 4.90. The van der Waals surface area contributed by atoms with Crippen molar-refractivity contribution in [1.29, 1.82) is 0 Å². The van der Waals surface area contributed by atoms with Crippen molar-refractivity contribution in [2.75, 3.05) is 18.4 Å². The van der Waals surface area contributed by atoms with E-state index in [1.54, 1.807) is 0 Å². The third-order valence-electron chi connectivity index (χ3n) is 2.63. The summed E-state index contributed by atoms with van der Waals surface area (Å²) in [5.41, 5.74) is 1.71. The highest BCUT2D eigenvalue weighted by Crippen LogP contribution is 2.23. The average molecular weight is 329 g/mol.